The van der Waals surface area contributed by atoms with Gasteiger partial charge in [0.25, 0.3) is 0 Å². The van der Waals surface area contributed by atoms with Crippen LogP contribution in [0.25, 0.3) is 0 Å². The summed E-state index contributed by atoms with van der Waals surface area (Å²) in [5.41, 5.74) is 0. The second kappa shape index (κ2) is 5.81. The van der Waals surface area contributed by atoms with Crippen molar-refractivity contribution in [3.63, 3.8) is 0 Å². The third-order valence-electron chi connectivity index (χ3n) is 4.28. The summed E-state index contributed by atoms with van der Waals surface area (Å²) in [5.74, 6) is 0. The second-order valence-corrected chi connectivity index (χ2v) is 5.34. The van der Waals surface area contributed by atoms with Gasteiger partial charge in [-0.15, -0.1) is 0 Å². The molecular weight excluding hydrogens is 212 g/mol. The van der Waals surface area contributed by atoms with Crippen LogP contribution >= 0.6 is 0 Å². The van der Waals surface area contributed by atoms with Gasteiger partial charge in [0.2, 0.25) is 0 Å². The smallest absolute Gasteiger partial charge is 0.108 e. The zero-order valence-electron chi connectivity index (χ0n) is 11.0. The maximum absolute atomic E-state index is 9.09. The number of rotatable bonds is 4. The van der Waals surface area contributed by atoms with Crippen molar-refractivity contribution in [2.24, 2.45) is 0 Å². The quantitative estimate of drug-likeness (QED) is 0.778. The minimum atomic E-state index is -0.0121. The molecule has 2 saturated heterocycles. The Bertz CT molecular complexity index is 286. The molecule has 0 spiro atoms. The molecule has 2 fully saturated rings. The Labute approximate surface area is 105 Å². The van der Waals surface area contributed by atoms with Crippen LogP contribution in [0.4, 0.5) is 0 Å². The van der Waals surface area contributed by atoms with Crippen LogP contribution in [0.2, 0.25) is 0 Å². The Morgan fingerprint density at radius 2 is 2.12 bits per heavy atom. The molecule has 0 aromatic heterocycles. The van der Waals surface area contributed by atoms with Crippen molar-refractivity contribution in [3.05, 3.63) is 0 Å². The lowest BCUT2D eigenvalue weighted by atomic mass is 10.1. The van der Waals surface area contributed by atoms with Crippen molar-refractivity contribution < 1.29 is 0 Å². The highest BCUT2D eigenvalue weighted by Gasteiger charge is 2.34. The first kappa shape index (κ1) is 12.8. The SMILES string of the molecule is CCNC(C#N)CN1CCC2CCC(C1)N2C. The van der Waals surface area contributed by atoms with Crippen molar-refractivity contribution in [2.75, 3.05) is 33.2 Å². The number of likely N-dealkylation sites (tertiary alicyclic amines) is 1. The second-order valence-electron chi connectivity index (χ2n) is 5.34. The van der Waals surface area contributed by atoms with E-state index in [1.54, 1.807) is 0 Å². The average Bonchev–Trinajstić information content (AvgIpc) is 2.56. The summed E-state index contributed by atoms with van der Waals surface area (Å²) in [6.07, 6.45) is 3.96. The third kappa shape index (κ3) is 2.98. The molecule has 2 aliphatic heterocycles. The van der Waals surface area contributed by atoms with Crippen LogP contribution in [-0.4, -0.2) is 61.2 Å². The number of nitriles is 1. The van der Waals surface area contributed by atoms with Crippen molar-refractivity contribution >= 4 is 0 Å². The van der Waals surface area contributed by atoms with E-state index < -0.39 is 0 Å². The Morgan fingerprint density at radius 3 is 2.82 bits per heavy atom. The Balaban J connectivity index is 1.88. The number of hydrogen-bond donors (Lipinski definition) is 1. The molecule has 2 rings (SSSR count). The lowest BCUT2D eigenvalue weighted by molar-refractivity contribution is 0.213. The van der Waals surface area contributed by atoms with Gasteiger partial charge in [-0.1, -0.05) is 6.92 Å². The van der Waals surface area contributed by atoms with Crippen LogP contribution in [0.5, 0.6) is 0 Å². The molecule has 3 atom stereocenters. The summed E-state index contributed by atoms with van der Waals surface area (Å²) >= 11 is 0. The van der Waals surface area contributed by atoms with Crippen LogP contribution in [0.1, 0.15) is 26.2 Å². The third-order valence-corrected chi connectivity index (χ3v) is 4.28. The molecule has 0 amide bonds. The predicted molar refractivity (Wildman–Crippen MR) is 68.7 cm³/mol. The van der Waals surface area contributed by atoms with E-state index in [0.29, 0.717) is 6.04 Å². The predicted octanol–water partition coefficient (Wildman–Crippen LogP) is 0.657. The number of nitrogens with zero attached hydrogens (tertiary/aromatic N) is 3. The summed E-state index contributed by atoms with van der Waals surface area (Å²) in [6, 6.07) is 3.84. The van der Waals surface area contributed by atoms with Gasteiger partial charge in [-0.2, -0.15) is 5.26 Å². The van der Waals surface area contributed by atoms with Crippen molar-refractivity contribution in [1.29, 1.82) is 5.26 Å². The fourth-order valence-corrected chi connectivity index (χ4v) is 3.20. The molecule has 3 unspecified atom stereocenters. The van der Waals surface area contributed by atoms with E-state index in [4.69, 9.17) is 5.26 Å². The molecule has 0 radical (unpaired) electrons. The highest BCUT2D eigenvalue weighted by atomic mass is 15.3. The van der Waals surface area contributed by atoms with E-state index in [0.717, 1.165) is 32.2 Å². The number of nitrogens with one attached hydrogen (secondary N) is 1. The lowest BCUT2D eigenvalue weighted by Crippen LogP contribution is -2.43. The molecule has 4 nitrogen and oxygen atoms in total. The topological polar surface area (TPSA) is 42.3 Å². The van der Waals surface area contributed by atoms with Crippen LogP contribution in [0.3, 0.4) is 0 Å². The molecule has 4 heteroatoms. The molecular formula is C13H24N4. The van der Waals surface area contributed by atoms with Crippen LogP contribution in [0.15, 0.2) is 0 Å². The van der Waals surface area contributed by atoms with Gasteiger partial charge in [-0.3, -0.25) is 9.80 Å². The van der Waals surface area contributed by atoms with Crippen LogP contribution < -0.4 is 5.32 Å². The molecule has 2 heterocycles. The monoisotopic (exact) mass is 236 g/mol. The summed E-state index contributed by atoms with van der Waals surface area (Å²) in [5, 5.41) is 12.3. The Morgan fingerprint density at radius 1 is 1.35 bits per heavy atom. The van der Waals surface area contributed by atoms with Gasteiger partial charge in [0, 0.05) is 25.2 Å². The van der Waals surface area contributed by atoms with E-state index >= 15 is 0 Å². The first-order valence-electron chi connectivity index (χ1n) is 6.82. The van der Waals surface area contributed by atoms with Gasteiger partial charge in [0.1, 0.15) is 6.04 Å². The number of hydrogen-bond acceptors (Lipinski definition) is 4. The fourth-order valence-electron chi connectivity index (χ4n) is 3.20. The molecule has 2 bridgehead atoms. The van der Waals surface area contributed by atoms with E-state index in [-0.39, 0.29) is 6.04 Å². The Kier molecular flexibility index (Phi) is 4.38. The number of fused-ring (bicyclic) bond motifs is 2. The van der Waals surface area contributed by atoms with Gasteiger partial charge in [0.05, 0.1) is 6.07 Å². The van der Waals surface area contributed by atoms with E-state index in [1.165, 1.54) is 19.3 Å². The lowest BCUT2D eigenvalue weighted by Gasteiger charge is -2.27. The molecule has 0 aliphatic carbocycles. The summed E-state index contributed by atoms with van der Waals surface area (Å²) in [7, 11) is 2.26. The molecule has 0 aromatic rings. The van der Waals surface area contributed by atoms with Gasteiger partial charge in [-0.05, 0) is 39.4 Å². The molecule has 0 aromatic carbocycles. The molecule has 1 N–H and O–H groups in total. The average molecular weight is 236 g/mol. The number of likely N-dealkylation sites (N-methyl/N-ethyl adjacent to an activating group) is 2. The summed E-state index contributed by atoms with van der Waals surface area (Å²) in [4.78, 5) is 5.02. The molecule has 0 saturated carbocycles. The van der Waals surface area contributed by atoms with Gasteiger partial charge < -0.3 is 5.32 Å². The van der Waals surface area contributed by atoms with Gasteiger partial charge in [-0.25, -0.2) is 0 Å². The Hall–Kier alpha value is -0.630. The van der Waals surface area contributed by atoms with Crippen LogP contribution in [-0.2, 0) is 0 Å². The maximum atomic E-state index is 9.09. The minimum absolute atomic E-state index is 0.0121. The molecule has 17 heavy (non-hydrogen) atoms. The standard InChI is InChI=1S/C13H24N4/c1-3-15-11(8-14)9-17-7-6-12-4-5-13(10-17)16(12)2/h11-13,15H,3-7,9-10H2,1-2H3. The first-order chi connectivity index (χ1) is 8.24. The first-order valence-corrected chi connectivity index (χ1v) is 6.82. The molecule has 96 valence electrons. The molecule has 2 aliphatic rings. The highest BCUT2D eigenvalue weighted by molar-refractivity contribution is 4.96. The van der Waals surface area contributed by atoms with Crippen LogP contribution in [0, 0.1) is 11.3 Å². The van der Waals surface area contributed by atoms with E-state index in [9.17, 15) is 0 Å². The zero-order chi connectivity index (χ0) is 12.3. The highest BCUT2D eigenvalue weighted by Crippen LogP contribution is 2.28. The van der Waals surface area contributed by atoms with Gasteiger partial charge in [0.15, 0.2) is 0 Å². The summed E-state index contributed by atoms with van der Waals surface area (Å²) in [6.45, 7) is 6.09. The van der Waals surface area contributed by atoms with E-state index in [1.807, 2.05) is 0 Å². The van der Waals surface area contributed by atoms with Crippen molar-refractivity contribution in [3.8, 4) is 6.07 Å². The van der Waals surface area contributed by atoms with Crippen molar-refractivity contribution in [1.82, 2.24) is 15.1 Å². The van der Waals surface area contributed by atoms with Crippen molar-refractivity contribution in [2.45, 2.75) is 44.3 Å². The fraction of sp³-hybridized carbons (Fsp3) is 0.923. The van der Waals surface area contributed by atoms with E-state index in [2.05, 4.69) is 35.2 Å². The normalized spacial score (nSPS) is 32.1. The maximum Gasteiger partial charge on any atom is 0.108 e. The largest absolute Gasteiger partial charge is 0.301 e. The van der Waals surface area contributed by atoms with Gasteiger partial charge >= 0.3 is 0 Å². The zero-order valence-corrected chi connectivity index (χ0v) is 11.0. The summed E-state index contributed by atoms with van der Waals surface area (Å²) < 4.78 is 0. The minimum Gasteiger partial charge on any atom is -0.301 e.